The molecular formula is C29H33N5O3S. The number of nitrogens with two attached hydrogens (primary N) is 1. The zero-order valence-corrected chi connectivity index (χ0v) is 22.2. The number of nitrogens with zero attached hydrogens (tertiary/aromatic N) is 3. The fourth-order valence-electron chi connectivity index (χ4n) is 5.12. The van der Waals surface area contributed by atoms with Crippen molar-refractivity contribution in [2.75, 3.05) is 30.3 Å². The average molecular weight is 532 g/mol. The van der Waals surface area contributed by atoms with Crippen LogP contribution < -0.4 is 16.0 Å². The second kappa shape index (κ2) is 11.5. The molecule has 0 radical (unpaired) electrons. The van der Waals surface area contributed by atoms with Crippen molar-refractivity contribution in [2.24, 2.45) is 0 Å². The first kappa shape index (κ1) is 26.1. The maximum absolute atomic E-state index is 11.6. The van der Waals surface area contributed by atoms with Crippen LogP contribution in [0.4, 0.5) is 11.5 Å². The van der Waals surface area contributed by atoms with Crippen molar-refractivity contribution in [3.05, 3.63) is 70.7 Å². The van der Waals surface area contributed by atoms with Crippen molar-refractivity contribution >= 4 is 39.0 Å². The molecule has 0 bridgehead atoms. The predicted molar refractivity (Wildman–Crippen MR) is 153 cm³/mol. The summed E-state index contributed by atoms with van der Waals surface area (Å²) in [5, 5.41) is 24.7. The Morgan fingerprint density at radius 3 is 2.74 bits per heavy atom. The number of piperidine rings is 1. The van der Waals surface area contributed by atoms with Gasteiger partial charge in [-0.2, -0.15) is 0 Å². The molecular weight excluding hydrogens is 498 g/mol. The highest BCUT2D eigenvalue weighted by Gasteiger charge is 2.24. The topological polar surface area (TPSA) is 125 Å². The molecule has 4 heterocycles. The number of aryl methyl sites for hydroxylation is 1. The highest BCUT2D eigenvalue weighted by Crippen LogP contribution is 2.37. The summed E-state index contributed by atoms with van der Waals surface area (Å²) in [6.07, 6.45) is 4.78. The molecule has 1 aliphatic rings. The van der Waals surface area contributed by atoms with Crippen LogP contribution in [0.3, 0.4) is 0 Å². The fourth-order valence-corrected chi connectivity index (χ4v) is 6.09. The first-order valence-corrected chi connectivity index (χ1v) is 13.9. The number of aliphatic hydroxyl groups is 1. The lowest BCUT2D eigenvalue weighted by Crippen LogP contribution is -2.44. The number of carboxylic acid groups (broad SMARTS) is 1. The number of benzene rings is 1. The molecule has 5 N–H and O–H groups in total. The molecule has 4 aromatic rings. The van der Waals surface area contributed by atoms with Crippen LogP contribution >= 0.6 is 11.3 Å². The number of pyridine rings is 2. The van der Waals surface area contributed by atoms with Gasteiger partial charge in [-0.25, -0.2) is 9.78 Å². The lowest BCUT2D eigenvalue weighted by atomic mass is 10.0. The number of rotatable bonds is 9. The number of aromatic carboxylic acids is 1. The Labute approximate surface area is 226 Å². The summed E-state index contributed by atoms with van der Waals surface area (Å²) in [6.45, 7) is 4.25. The fraction of sp³-hybridized carbons (Fsp3) is 0.345. The Morgan fingerprint density at radius 1 is 1.21 bits per heavy atom. The molecule has 198 valence electrons. The molecule has 9 heteroatoms. The van der Waals surface area contributed by atoms with E-state index in [1.807, 2.05) is 42.5 Å². The second-order valence-corrected chi connectivity index (χ2v) is 10.7. The third-order valence-corrected chi connectivity index (χ3v) is 8.22. The van der Waals surface area contributed by atoms with Gasteiger partial charge in [0.15, 0.2) is 0 Å². The number of nitrogen functional groups attached to an aromatic ring is 1. The van der Waals surface area contributed by atoms with E-state index < -0.39 is 12.1 Å². The summed E-state index contributed by atoms with van der Waals surface area (Å²) in [5.74, 6) is -0.129. The quantitative estimate of drug-likeness (QED) is 0.241. The monoisotopic (exact) mass is 531 g/mol. The van der Waals surface area contributed by atoms with E-state index in [1.54, 1.807) is 6.20 Å². The number of carbonyl (C=O) groups is 1. The molecule has 1 atom stereocenters. The Kier molecular flexibility index (Phi) is 7.87. The Morgan fingerprint density at radius 2 is 2.03 bits per heavy atom. The third kappa shape index (κ3) is 5.50. The van der Waals surface area contributed by atoms with E-state index in [0.29, 0.717) is 23.1 Å². The van der Waals surface area contributed by atoms with Crippen LogP contribution in [0.5, 0.6) is 0 Å². The number of anilines is 2. The summed E-state index contributed by atoms with van der Waals surface area (Å²) in [7, 11) is 0. The maximum atomic E-state index is 11.6. The van der Waals surface area contributed by atoms with Crippen molar-refractivity contribution in [1.29, 1.82) is 0 Å². The van der Waals surface area contributed by atoms with E-state index in [1.165, 1.54) is 0 Å². The summed E-state index contributed by atoms with van der Waals surface area (Å²) in [4.78, 5) is 24.0. The number of aliphatic hydroxyl groups excluding tert-OH is 1. The average Bonchev–Trinajstić information content (AvgIpc) is 3.29. The second-order valence-electron chi connectivity index (χ2n) is 9.75. The van der Waals surface area contributed by atoms with Gasteiger partial charge in [0.05, 0.1) is 17.5 Å². The Balaban J connectivity index is 1.22. The van der Waals surface area contributed by atoms with E-state index in [4.69, 9.17) is 10.7 Å². The molecule has 1 aromatic carbocycles. The first-order chi connectivity index (χ1) is 18.4. The number of carboxylic acids is 1. The number of hydrogen-bond donors (Lipinski definition) is 4. The molecule has 38 heavy (non-hydrogen) atoms. The largest absolute Gasteiger partial charge is 0.477 e. The number of fused-ring (bicyclic) bond motifs is 1. The lowest BCUT2D eigenvalue weighted by Gasteiger charge is -2.34. The molecule has 1 unspecified atom stereocenters. The number of aromatic nitrogens is 2. The molecule has 0 aliphatic carbocycles. The van der Waals surface area contributed by atoms with Crippen molar-refractivity contribution in [1.82, 2.24) is 15.3 Å². The van der Waals surface area contributed by atoms with Crippen LogP contribution in [-0.4, -0.2) is 51.8 Å². The number of hydrogen-bond acceptors (Lipinski definition) is 8. The van der Waals surface area contributed by atoms with E-state index in [0.717, 1.165) is 83.7 Å². The molecule has 8 nitrogen and oxygen atoms in total. The van der Waals surface area contributed by atoms with Crippen molar-refractivity contribution in [3.63, 3.8) is 0 Å². The normalized spacial score (nSPS) is 15.2. The minimum absolute atomic E-state index is 0.161. The van der Waals surface area contributed by atoms with Gasteiger partial charge in [0.1, 0.15) is 15.5 Å². The molecule has 0 amide bonds. The van der Waals surface area contributed by atoms with Gasteiger partial charge in [-0.15, -0.1) is 11.3 Å². The van der Waals surface area contributed by atoms with Crippen LogP contribution in [0.25, 0.3) is 21.5 Å². The molecule has 5 rings (SSSR count). The highest BCUT2D eigenvalue weighted by atomic mass is 32.1. The molecule has 1 aliphatic heterocycles. The molecule has 0 spiro atoms. The van der Waals surface area contributed by atoms with Crippen LogP contribution in [-0.2, 0) is 6.42 Å². The number of nitrogens with one attached hydrogen (secondary N) is 1. The van der Waals surface area contributed by atoms with Crippen molar-refractivity contribution in [3.8, 4) is 11.3 Å². The van der Waals surface area contributed by atoms with Gasteiger partial charge in [-0.1, -0.05) is 37.6 Å². The minimum atomic E-state index is -1.01. The maximum Gasteiger partial charge on any atom is 0.348 e. The van der Waals surface area contributed by atoms with Gasteiger partial charge < -0.3 is 26.2 Å². The summed E-state index contributed by atoms with van der Waals surface area (Å²) >= 11 is 1.15. The van der Waals surface area contributed by atoms with E-state index in [-0.39, 0.29) is 4.88 Å². The van der Waals surface area contributed by atoms with Gasteiger partial charge in [0, 0.05) is 42.8 Å². The molecule has 1 saturated heterocycles. The first-order valence-electron chi connectivity index (χ1n) is 13.1. The zero-order chi connectivity index (χ0) is 26.6. The zero-order valence-electron chi connectivity index (χ0n) is 21.4. The smallest absolute Gasteiger partial charge is 0.348 e. The SMILES string of the molecule is CCCc1cc(N2CCC(NCC(O)c3cccc(-c4ccccn4)c3)CC2)nc2sc(C(=O)O)c(N)c12. The van der Waals surface area contributed by atoms with Gasteiger partial charge in [-0.3, -0.25) is 4.98 Å². The van der Waals surface area contributed by atoms with Crippen LogP contribution in [0, 0.1) is 0 Å². The van der Waals surface area contributed by atoms with E-state index in [2.05, 4.69) is 28.2 Å². The summed E-state index contributed by atoms with van der Waals surface area (Å²) in [5.41, 5.74) is 10.3. The lowest BCUT2D eigenvalue weighted by molar-refractivity contribution is 0.0703. The van der Waals surface area contributed by atoms with E-state index in [9.17, 15) is 15.0 Å². The van der Waals surface area contributed by atoms with Crippen LogP contribution in [0.1, 0.15) is 53.1 Å². The predicted octanol–water partition coefficient (Wildman–Crippen LogP) is 4.88. The third-order valence-electron chi connectivity index (χ3n) is 7.13. The van der Waals surface area contributed by atoms with Crippen molar-refractivity contribution in [2.45, 2.75) is 44.8 Å². The van der Waals surface area contributed by atoms with Crippen molar-refractivity contribution < 1.29 is 15.0 Å². The highest BCUT2D eigenvalue weighted by molar-refractivity contribution is 7.21. The van der Waals surface area contributed by atoms with Gasteiger partial charge >= 0.3 is 5.97 Å². The minimum Gasteiger partial charge on any atom is -0.477 e. The standard InChI is InChI=1S/C29H33N5O3S/c1-2-6-20-16-24(33-28-25(20)26(30)27(38-28)29(36)37)34-13-10-21(11-14-34)32-17-23(35)19-8-5-7-18(15-19)22-9-3-4-12-31-22/h3-5,7-9,12,15-16,21,23,32,35H,2,6,10-11,13-14,17,30H2,1H3,(H,36,37). The molecule has 1 fully saturated rings. The Hall–Kier alpha value is -3.53. The van der Waals surface area contributed by atoms with Gasteiger partial charge in [0.2, 0.25) is 0 Å². The number of thiophene rings is 1. The summed E-state index contributed by atoms with van der Waals surface area (Å²) < 4.78 is 0. The Bertz CT molecular complexity index is 1420. The van der Waals surface area contributed by atoms with Gasteiger partial charge in [0.25, 0.3) is 0 Å². The van der Waals surface area contributed by atoms with Gasteiger partial charge in [-0.05, 0) is 54.7 Å². The van der Waals surface area contributed by atoms with E-state index >= 15 is 0 Å². The van der Waals surface area contributed by atoms with Crippen LogP contribution in [0.2, 0.25) is 0 Å². The molecule has 3 aromatic heterocycles. The molecule has 0 saturated carbocycles. The summed E-state index contributed by atoms with van der Waals surface area (Å²) in [6, 6.07) is 16.1. The van der Waals surface area contributed by atoms with Crippen LogP contribution in [0.15, 0.2) is 54.7 Å².